The highest BCUT2D eigenvalue weighted by Gasteiger charge is 2.20. The highest BCUT2D eigenvalue weighted by Crippen LogP contribution is 2.21. The Morgan fingerprint density at radius 1 is 1.42 bits per heavy atom. The SMILES string of the molecule is Cc1cncc(CN[C@@H](CCC(C)(C)C)C(=O)O)c1. The standard InChI is InChI=1S/C15H24N2O2/c1-11-7-12(9-16-8-11)10-17-13(14(18)19)5-6-15(2,3)4/h7-9,13,17H,5-6,10H2,1-4H3,(H,18,19)/t13-/m0/s1. The number of hydrogen-bond donors (Lipinski definition) is 2. The molecule has 0 spiro atoms. The van der Waals surface area contributed by atoms with Gasteiger partial charge in [0.05, 0.1) is 0 Å². The van der Waals surface area contributed by atoms with Gasteiger partial charge in [-0.3, -0.25) is 9.78 Å². The smallest absolute Gasteiger partial charge is 0.320 e. The summed E-state index contributed by atoms with van der Waals surface area (Å²) in [6, 6.07) is 1.52. The van der Waals surface area contributed by atoms with Crippen LogP contribution in [-0.4, -0.2) is 22.1 Å². The van der Waals surface area contributed by atoms with Crippen molar-refractivity contribution in [3.05, 3.63) is 29.6 Å². The van der Waals surface area contributed by atoms with Crippen LogP contribution >= 0.6 is 0 Å². The van der Waals surface area contributed by atoms with Crippen LogP contribution in [0.5, 0.6) is 0 Å². The number of hydrogen-bond acceptors (Lipinski definition) is 3. The summed E-state index contributed by atoms with van der Waals surface area (Å²) in [5, 5.41) is 12.3. The van der Waals surface area contributed by atoms with Gasteiger partial charge in [-0.05, 0) is 36.3 Å². The molecule has 2 N–H and O–H groups in total. The number of nitrogens with one attached hydrogen (secondary N) is 1. The van der Waals surface area contributed by atoms with Crippen molar-refractivity contribution in [2.45, 2.75) is 53.1 Å². The second-order valence-corrected chi connectivity index (χ2v) is 6.24. The van der Waals surface area contributed by atoms with Crippen LogP contribution in [0.1, 0.15) is 44.7 Å². The maximum absolute atomic E-state index is 11.2. The summed E-state index contributed by atoms with van der Waals surface area (Å²) in [5.41, 5.74) is 2.25. The van der Waals surface area contributed by atoms with E-state index < -0.39 is 12.0 Å². The van der Waals surface area contributed by atoms with E-state index in [-0.39, 0.29) is 5.41 Å². The molecule has 4 heteroatoms. The highest BCUT2D eigenvalue weighted by molar-refractivity contribution is 5.73. The van der Waals surface area contributed by atoms with Gasteiger partial charge in [0, 0.05) is 18.9 Å². The van der Waals surface area contributed by atoms with Gasteiger partial charge < -0.3 is 10.4 Å². The van der Waals surface area contributed by atoms with E-state index in [4.69, 9.17) is 0 Å². The Morgan fingerprint density at radius 2 is 2.11 bits per heavy atom. The molecule has 19 heavy (non-hydrogen) atoms. The van der Waals surface area contributed by atoms with Crippen LogP contribution in [0.15, 0.2) is 18.5 Å². The molecule has 0 fully saturated rings. The first kappa shape index (κ1) is 15.6. The van der Waals surface area contributed by atoms with Gasteiger partial charge >= 0.3 is 5.97 Å². The fraction of sp³-hybridized carbons (Fsp3) is 0.600. The summed E-state index contributed by atoms with van der Waals surface area (Å²) < 4.78 is 0. The van der Waals surface area contributed by atoms with Crippen LogP contribution in [-0.2, 0) is 11.3 Å². The number of rotatable bonds is 6. The molecule has 106 valence electrons. The van der Waals surface area contributed by atoms with Gasteiger partial charge in [0.1, 0.15) is 6.04 Å². The molecule has 0 aliphatic carbocycles. The lowest BCUT2D eigenvalue weighted by molar-refractivity contribution is -0.139. The van der Waals surface area contributed by atoms with E-state index in [1.165, 1.54) is 0 Å². The molecule has 0 amide bonds. The molecule has 1 heterocycles. The normalized spacial score (nSPS) is 13.3. The van der Waals surface area contributed by atoms with Gasteiger partial charge in [-0.1, -0.05) is 26.8 Å². The maximum Gasteiger partial charge on any atom is 0.320 e. The number of carboxylic acids is 1. The quantitative estimate of drug-likeness (QED) is 0.829. The van der Waals surface area contributed by atoms with E-state index >= 15 is 0 Å². The van der Waals surface area contributed by atoms with Crippen molar-refractivity contribution in [1.29, 1.82) is 0 Å². The minimum absolute atomic E-state index is 0.153. The Kier molecular flexibility index (Phi) is 5.48. The summed E-state index contributed by atoms with van der Waals surface area (Å²) in [6.07, 6.45) is 5.07. The highest BCUT2D eigenvalue weighted by atomic mass is 16.4. The van der Waals surface area contributed by atoms with E-state index in [1.807, 2.05) is 13.0 Å². The molecule has 1 atom stereocenters. The zero-order valence-electron chi connectivity index (χ0n) is 12.2. The third-order valence-corrected chi connectivity index (χ3v) is 2.97. The molecule has 1 aromatic heterocycles. The average molecular weight is 264 g/mol. The minimum atomic E-state index is -0.787. The molecule has 0 saturated heterocycles. The van der Waals surface area contributed by atoms with Gasteiger partial charge in [0.15, 0.2) is 0 Å². The van der Waals surface area contributed by atoms with Crippen molar-refractivity contribution < 1.29 is 9.90 Å². The summed E-state index contributed by atoms with van der Waals surface area (Å²) in [7, 11) is 0. The van der Waals surface area contributed by atoms with Crippen molar-refractivity contribution in [1.82, 2.24) is 10.3 Å². The minimum Gasteiger partial charge on any atom is -0.480 e. The van der Waals surface area contributed by atoms with E-state index in [0.29, 0.717) is 13.0 Å². The second kappa shape index (κ2) is 6.66. The Labute approximate surface area is 115 Å². The Morgan fingerprint density at radius 3 is 2.63 bits per heavy atom. The lowest BCUT2D eigenvalue weighted by Gasteiger charge is -2.21. The van der Waals surface area contributed by atoms with Gasteiger partial charge in [-0.15, -0.1) is 0 Å². The Bertz CT molecular complexity index is 424. The molecule has 0 aromatic carbocycles. The first-order valence-electron chi connectivity index (χ1n) is 6.65. The fourth-order valence-corrected chi connectivity index (χ4v) is 1.85. The summed E-state index contributed by atoms with van der Waals surface area (Å²) in [6.45, 7) is 8.88. The third kappa shape index (κ3) is 6.34. The second-order valence-electron chi connectivity index (χ2n) is 6.24. The molecule has 0 saturated carbocycles. The predicted octanol–water partition coefficient (Wildman–Crippen LogP) is 2.76. The summed E-state index contributed by atoms with van der Waals surface area (Å²) >= 11 is 0. The van der Waals surface area contributed by atoms with Crippen LogP contribution in [0.3, 0.4) is 0 Å². The van der Waals surface area contributed by atoms with Gasteiger partial charge in [-0.25, -0.2) is 0 Å². The topological polar surface area (TPSA) is 62.2 Å². The Hall–Kier alpha value is -1.42. The lowest BCUT2D eigenvalue weighted by Crippen LogP contribution is -2.37. The molecule has 0 bridgehead atoms. The van der Waals surface area contributed by atoms with Crippen molar-refractivity contribution in [3.63, 3.8) is 0 Å². The van der Waals surface area contributed by atoms with E-state index in [0.717, 1.165) is 17.5 Å². The molecule has 0 unspecified atom stereocenters. The summed E-state index contributed by atoms with van der Waals surface area (Å²) in [5.74, 6) is -0.787. The predicted molar refractivity (Wildman–Crippen MR) is 75.9 cm³/mol. The van der Waals surface area contributed by atoms with Gasteiger partial charge in [0.2, 0.25) is 0 Å². The zero-order chi connectivity index (χ0) is 14.5. The number of carbonyl (C=O) groups is 1. The van der Waals surface area contributed by atoms with E-state index in [2.05, 4.69) is 31.1 Å². The zero-order valence-corrected chi connectivity index (χ0v) is 12.2. The number of carboxylic acid groups (broad SMARTS) is 1. The molecular formula is C15H24N2O2. The van der Waals surface area contributed by atoms with Crippen molar-refractivity contribution >= 4 is 5.97 Å². The van der Waals surface area contributed by atoms with Gasteiger partial charge in [0.25, 0.3) is 0 Å². The molecular weight excluding hydrogens is 240 g/mol. The van der Waals surface area contributed by atoms with Crippen LogP contribution in [0.25, 0.3) is 0 Å². The van der Waals surface area contributed by atoms with Crippen molar-refractivity contribution in [2.24, 2.45) is 5.41 Å². The number of nitrogens with zero attached hydrogens (tertiary/aromatic N) is 1. The van der Waals surface area contributed by atoms with Crippen LogP contribution in [0, 0.1) is 12.3 Å². The molecule has 0 radical (unpaired) electrons. The van der Waals surface area contributed by atoms with E-state index in [1.54, 1.807) is 12.4 Å². The number of aliphatic carboxylic acids is 1. The van der Waals surface area contributed by atoms with Crippen LogP contribution in [0.4, 0.5) is 0 Å². The molecule has 0 aliphatic heterocycles. The number of aryl methyl sites for hydroxylation is 1. The largest absolute Gasteiger partial charge is 0.480 e. The van der Waals surface area contributed by atoms with Gasteiger partial charge in [-0.2, -0.15) is 0 Å². The third-order valence-electron chi connectivity index (χ3n) is 2.97. The number of aromatic nitrogens is 1. The lowest BCUT2D eigenvalue weighted by atomic mass is 9.88. The Balaban J connectivity index is 2.52. The van der Waals surface area contributed by atoms with Crippen molar-refractivity contribution in [2.75, 3.05) is 0 Å². The first-order chi connectivity index (χ1) is 8.78. The van der Waals surface area contributed by atoms with Crippen LogP contribution < -0.4 is 5.32 Å². The maximum atomic E-state index is 11.2. The first-order valence-corrected chi connectivity index (χ1v) is 6.65. The molecule has 1 rings (SSSR count). The van der Waals surface area contributed by atoms with E-state index in [9.17, 15) is 9.90 Å². The van der Waals surface area contributed by atoms with Crippen molar-refractivity contribution in [3.8, 4) is 0 Å². The summed E-state index contributed by atoms with van der Waals surface area (Å²) in [4.78, 5) is 15.3. The fourth-order valence-electron chi connectivity index (χ4n) is 1.85. The number of pyridine rings is 1. The molecule has 4 nitrogen and oxygen atoms in total. The molecule has 0 aliphatic rings. The average Bonchev–Trinajstić information content (AvgIpc) is 2.27. The monoisotopic (exact) mass is 264 g/mol. The van der Waals surface area contributed by atoms with Crippen LogP contribution in [0.2, 0.25) is 0 Å². The molecule has 1 aromatic rings.